The van der Waals surface area contributed by atoms with Crippen molar-refractivity contribution in [3.8, 4) is 11.5 Å². The first-order valence-electron chi connectivity index (χ1n) is 12.0. The topological polar surface area (TPSA) is 88.2 Å². The van der Waals surface area contributed by atoms with Gasteiger partial charge in [-0.25, -0.2) is 4.79 Å². The molecular formula is C26H27N3O5. The molecule has 6 rings (SSSR count). The summed E-state index contributed by atoms with van der Waals surface area (Å²) >= 11 is 0. The van der Waals surface area contributed by atoms with Crippen molar-refractivity contribution in [1.29, 1.82) is 0 Å². The molecule has 1 aliphatic carbocycles. The second-order valence-corrected chi connectivity index (χ2v) is 9.39. The van der Waals surface area contributed by atoms with Crippen LogP contribution in [0.4, 0.5) is 4.79 Å². The number of fused-ring (bicyclic) bond motifs is 3. The van der Waals surface area contributed by atoms with Crippen molar-refractivity contribution in [2.45, 2.75) is 43.7 Å². The maximum absolute atomic E-state index is 13.6. The summed E-state index contributed by atoms with van der Waals surface area (Å²) < 4.78 is 11.3. The van der Waals surface area contributed by atoms with Crippen LogP contribution in [0.5, 0.6) is 11.5 Å². The molecule has 0 aromatic heterocycles. The molecule has 2 aromatic rings. The lowest BCUT2D eigenvalue weighted by Crippen LogP contribution is -2.47. The fraction of sp³-hybridized carbons (Fsp3) is 0.423. The number of aryl methyl sites for hydroxylation is 1. The van der Waals surface area contributed by atoms with E-state index in [1.165, 1.54) is 0 Å². The summed E-state index contributed by atoms with van der Waals surface area (Å²) in [6.07, 6.45) is 3.92. The number of amides is 4. The first kappa shape index (κ1) is 21.0. The van der Waals surface area contributed by atoms with Gasteiger partial charge >= 0.3 is 6.03 Å². The Morgan fingerprint density at radius 3 is 2.76 bits per heavy atom. The molecule has 0 radical (unpaired) electrons. The largest absolute Gasteiger partial charge is 0.486 e. The van der Waals surface area contributed by atoms with E-state index in [4.69, 9.17) is 9.47 Å². The number of ether oxygens (including phenoxy) is 2. The van der Waals surface area contributed by atoms with E-state index in [-0.39, 0.29) is 24.4 Å². The molecule has 34 heavy (non-hydrogen) atoms. The quantitative estimate of drug-likeness (QED) is 0.711. The van der Waals surface area contributed by atoms with Crippen LogP contribution in [0.15, 0.2) is 42.5 Å². The van der Waals surface area contributed by atoms with E-state index in [9.17, 15) is 14.4 Å². The van der Waals surface area contributed by atoms with E-state index in [0.717, 1.165) is 47.3 Å². The molecule has 0 bridgehead atoms. The molecule has 2 saturated heterocycles. The monoisotopic (exact) mass is 461 g/mol. The summed E-state index contributed by atoms with van der Waals surface area (Å²) in [5, 5.41) is 2.93. The van der Waals surface area contributed by atoms with Crippen LogP contribution in [-0.4, -0.2) is 53.9 Å². The number of carbonyl (C=O) groups excluding carboxylic acids is 3. The third kappa shape index (κ3) is 3.23. The smallest absolute Gasteiger partial charge is 0.325 e. The van der Waals surface area contributed by atoms with Crippen molar-refractivity contribution in [2.75, 3.05) is 26.3 Å². The van der Waals surface area contributed by atoms with Gasteiger partial charge in [0, 0.05) is 6.54 Å². The minimum absolute atomic E-state index is 0.117. The summed E-state index contributed by atoms with van der Waals surface area (Å²) in [6.45, 7) is 1.37. The van der Waals surface area contributed by atoms with Gasteiger partial charge in [0.2, 0.25) is 5.91 Å². The lowest BCUT2D eigenvalue weighted by atomic mass is 9.76. The van der Waals surface area contributed by atoms with E-state index in [1.807, 2.05) is 42.5 Å². The Morgan fingerprint density at radius 2 is 1.88 bits per heavy atom. The highest BCUT2D eigenvalue weighted by atomic mass is 16.6. The number of hydrogen-bond donors (Lipinski definition) is 1. The first-order chi connectivity index (χ1) is 16.6. The number of imide groups is 1. The highest BCUT2D eigenvalue weighted by Crippen LogP contribution is 2.41. The number of nitrogens with one attached hydrogen (secondary N) is 1. The third-order valence-corrected chi connectivity index (χ3v) is 7.47. The van der Waals surface area contributed by atoms with Gasteiger partial charge in [0.05, 0.1) is 6.04 Å². The van der Waals surface area contributed by atoms with Crippen molar-refractivity contribution in [1.82, 2.24) is 15.1 Å². The van der Waals surface area contributed by atoms with Crippen LogP contribution >= 0.6 is 0 Å². The normalized spacial score (nSPS) is 25.5. The maximum atomic E-state index is 13.6. The van der Waals surface area contributed by atoms with Gasteiger partial charge in [0.25, 0.3) is 5.91 Å². The van der Waals surface area contributed by atoms with E-state index in [1.54, 1.807) is 4.90 Å². The average molecular weight is 462 g/mol. The Morgan fingerprint density at radius 1 is 1.06 bits per heavy atom. The molecule has 8 nitrogen and oxygen atoms in total. The highest BCUT2D eigenvalue weighted by Gasteiger charge is 2.54. The number of benzene rings is 2. The minimum atomic E-state index is -1.06. The van der Waals surface area contributed by atoms with E-state index in [2.05, 4.69) is 5.32 Å². The van der Waals surface area contributed by atoms with Gasteiger partial charge in [-0.2, -0.15) is 0 Å². The molecule has 176 valence electrons. The second kappa shape index (κ2) is 8.04. The van der Waals surface area contributed by atoms with Gasteiger partial charge in [-0.05, 0) is 60.9 Å². The van der Waals surface area contributed by atoms with Crippen molar-refractivity contribution in [2.24, 2.45) is 0 Å². The lowest BCUT2D eigenvalue weighted by Gasteiger charge is -2.33. The predicted molar refractivity (Wildman–Crippen MR) is 122 cm³/mol. The van der Waals surface area contributed by atoms with Gasteiger partial charge in [-0.3, -0.25) is 14.5 Å². The second-order valence-electron chi connectivity index (χ2n) is 9.39. The molecule has 1 spiro atoms. The zero-order chi connectivity index (χ0) is 23.3. The molecule has 0 saturated carbocycles. The van der Waals surface area contributed by atoms with Crippen LogP contribution in [0, 0.1) is 0 Å². The molecule has 3 heterocycles. The molecule has 2 fully saturated rings. The Balaban J connectivity index is 1.22. The number of carbonyl (C=O) groups is 3. The van der Waals surface area contributed by atoms with E-state index in [0.29, 0.717) is 37.7 Å². The highest BCUT2D eigenvalue weighted by molar-refractivity contribution is 6.09. The molecular weight excluding hydrogens is 434 g/mol. The summed E-state index contributed by atoms with van der Waals surface area (Å²) in [7, 11) is 0. The van der Waals surface area contributed by atoms with Crippen molar-refractivity contribution >= 4 is 17.8 Å². The Hall–Kier alpha value is -3.55. The number of urea groups is 1. The SMILES string of the molecule is O=C1N[C@@]2(CCCc3ccccc32)C(=O)N1CC(=O)N1CCC[C@H]1c1ccc2c(c1)OCCO2. The fourth-order valence-corrected chi connectivity index (χ4v) is 5.86. The summed E-state index contributed by atoms with van der Waals surface area (Å²) in [6, 6.07) is 12.9. The van der Waals surface area contributed by atoms with Crippen LogP contribution in [0.1, 0.15) is 48.4 Å². The molecule has 2 aromatic carbocycles. The van der Waals surface area contributed by atoms with Crippen LogP contribution in [0.25, 0.3) is 0 Å². The van der Waals surface area contributed by atoms with Crippen LogP contribution in [-0.2, 0) is 21.5 Å². The molecule has 8 heteroatoms. The van der Waals surface area contributed by atoms with Gasteiger partial charge < -0.3 is 19.7 Å². The molecule has 3 aliphatic heterocycles. The van der Waals surface area contributed by atoms with Gasteiger partial charge in [0.15, 0.2) is 11.5 Å². The van der Waals surface area contributed by atoms with Crippen LogP contribution in [0.2, 0.25) is 0 Å². The lowest BCUT2D eigenvalue weighted by molar-refractivity contribution is -0.140. The fourth-order valence-electron chi connectivity index (χ4n) is 5.86. The standard InChI is InChI=1S/C26H27N3O5/c30-23(28-12-4-8-20(28)18-9-10-21-22(15-18)34-14-13-33-21)16-29-24(31)26(27-25(29)32)11-3-6-17-5-1-2-7-19(17)26/h1-2,5,7,9-10,15,20H,3-4,6,8,11-14,16H2,(H,27,32)/t20-,26+/m0/s1. The van der Waals surface area contributed by atoms with Crippen LogP contribution < -0.4 is 14.8 Å². The van der Waals surface area contributed by atoms with Gasteiger partial charge in [-0.1, -0.05) is 30.3 Å². The number of hydrogen-bond acceptors (Lipinski definition) is 5. The maximum Gasteiger partial charge on any atom is 0.325 e. The molecule has 4 aliphatic rings. The average Bonchev–Trinajstić information content (AvgIpc) is 3.44. The van der Waals surface area contributed by atoms with E-state index < -0.39 is 11.6 Å². The minimum Gasteiger partial charge on any atom is -0.486 e. The number of rotatable bonds is 3. The summed E-state index contributed by atoms with van der Waals surface area (Å²) in [5.74, 6) is 0.855. The summed E-state index contributed by atoms with van der Waals surface area (Å²) in [4.78, 5) is 42.7. The van der Waals surface area contributed by atoms with Gasteiger partial charge in [-0.15, -0.1) is 0 Å². The Labute approximate surface area is 197 Å². The first-order valence-corrected chi connectivity index (χ1v) is 12.0. The molecule has 0 unspecified atom stereocenters. The zero-order valence-electron chi connectivity index (χ0n) is 18.9. The predicted octanol–water partition coefficient (Wildman–Crippen LogP) is 2.90. The number of nitrogens with zero attached hydrogens (tertiary/aromatic N) is 2. The molecule has 1 N–H and O–H groups in total. The zero-order valence-corrected chi connectivity index (χ0v) is 18.9. The molecule has 4 amide bonds. The Bertz CT molecular complexity index is 1180. The third-order valence-electron chi connectivity index (χ3n) is 7.47. The number of likely N-dealkylation sites (tertiary alicyclic amines) is 1. The van der Waals surface area contributed by atoms with E-state index >= 15 is 0 Å². The Kier molecular flexibility index (Phi) is 4.97. The van der Waals surface area contributed by atoms with Gasteiger partial charge in [0.1, 0.15) is 25.3 Å². The van der Waals surface area contributed by atoms with Crippen molar-refractivity contribution in [3.05, 3.63) is 59.2 Å². The van der Waals surface area contributed by atoms with Crippen LogP contribution in [0.3, 0.4) is 0 Å². The molecule has 2 atom stereocenters. The van der Waals surface area contributed by atoms with Crippen molar-refractivity contribution in [3.63, 3.8) is 0 Å². The van der Waals surface area contributed by atoms with Crippen molar-refractivity contribution < 1.29 is 23.9 Å². The summed E-state index contributed by atoms with van der Waals surface area (Å²) in [5.41, 5.74) is 1.84.